The number of carbonyl (C=O) groups is 1. The number of fused-ring (bicyclic) bond motifs is 1. The summed E-state index contributed by atoms with van der Waals surface area (Å²) in [5, 5.41) is 23.2. The topological polar surface area (TPSA) is 101 Å². The van der Waals surface area contributed by atoms with E-state index in [-0.39, 0.29) is 18.2 Å². The number of methoxy groups -OCH3 is 1. The summed E-state index contributed by atoms with van der Waals surface area (Å²) in [5.41, 5.74) is 1.88. The monoisotopic (exact) mass is 527 g/mol. The molecule has 1 amide bonds. The van der Waals surface area contributed by atoms with E-state index in [0.29, 0.717) is 12.1 Å². The molecule has 3 aromatic rings. The van der Waals surface area contributed by atoms with Crippen LogP contribution in [-0.4, -0.2) is 53.5 Å². The zero-order valence-corrected chi connectivity index (χ0v) is 20.4. The molecule has 4 rings (SSSR count). The maximum absolute atomic E-state index is 12.2. The Labute approximate surface area is 205 Å². The van der Waals surface area contributed by atoms with Crippen molar-refractivity contribution >= 4 is 44.6 Å². The van der Waals surface area contributed by atoms with Crippen LogP contribution >= 0.6 is 15.9 Å². The van der Waals surface area contributed by atoms with Crippen LogP contribution in [0.3, 0.4) is 0 Å². The lowest BCUT2D eigenvalue weighted by Gasteiger charge is -2.27. The third-order valence-corrected chi connectivity index (χ3v) is 6.10. The van der Waals surface area contributed by atoms with E-state index in [0.717, 1.165) is 47.2 Å². The van der Waals surface area contributed by atoms with Crippen LogP contribution in [0.5, 0.6) is 11.6 Å². The second-order valence-corrected chi connectivity index (χ2v) is 8.87. The molecule has 2 heterocycles. The van der Waals surface area contributed by atoms with Gasteiger partial charge >= 0.3 is 5.91 Å². The Morgan fingerprint density at radius 3 is 2.65 bits per heavy atom. The van der Waals surface area contributed by atoms with Crippen molar-refractivity contribution in [2.45, 2.75) is 25.9 Å². The van der Waals surface area contributed by atoms with Gasteiger partial charge in [-0.1, -0.05) is 27.5 Å². The van der Waals surface area contributed by atoms with E-state index in [9.17, 15) is 9.90 Å². The number of aromatic nitrogens is 1. The molecule has 10 heteroatoms. The predicted molar refractivity (Wildman–Crippen MR) is 133 cm³/mol. The highest BCUT2D eigenvalue weighted by molar-refractivity contribution is 9.10. The Morgan fingerprint density at radius 1 is 1.15 bits per heavy atom. The molecule has 0 aliphatic carbocycles. The summed E-state index contributed by atoms with van der Waals surface area (Å²) >= 11 is 3.46. The summed E-state index contributed by atoms with van der Waals surface area (Å²) in [6.07, 6.45) is 5.01. The van der Waals surface area contributed by atoms with E-state index >= 15 is 0 Å². The fourth-order valence-electron chi connectivity index (χ4n) is 3.85. The van der Waals surface area contributed by atoms with Gasteiger partial charge in [-0.05, 0) is 74.0 Å². The van der Waals surface area contributed by atoms with Gasteiger partial charge in [0.2, 0.25) is 5.88 Å². The number of aromatic hydroxyl groups is 1. The predicted octanol–water partition coefficient (Wildman–Crippen LogP) is 5.22. The van der Waals surface area contributed by atoms with Crippen LogP contribution < -0.4 is 4.74 Å². The van der Waals surface area contributed by atoms with Gasteiger partial charge in [0, 0.05) is 9.86 Å². The molecule has 0 spiro atoms. The molecule has 34 heavy (non-hydrogen) atoms. The van der Waals surface area contributed by atoms with Crippen LogP contribution in [0.2, 0.25) is 0 Å². The summed E-state index contributed by atoms with van der Waals surface area (Å²) in [6, 6.07) is 12.9. The van der Waals surface area contributed by atoms with Crippen molar-refractivity contribution in [1.82, 2.24) is 9.47 Å². The number of hydrogen-bond donors (Lipinski definition) is 1. The fourth-order valence-corrected chi connectivity index (χ4v) is 4.21. The molecule has 1 saturated heterocycles. The SMILES string of the molecule is COc1ccc(C=NOCC(=O)N=Nc2c(O)n(CN3CCCCC3)c3ccc(Br)cc23)cc1. The molecule has 1 aromatic heterocycles. The molecule has 9 nitrogen and oxygen atoms in total. The van der Waals surface area contributed by atoms with E-state index in [4.69, 9.17) is 9.57 Å². The number of rotatable bonds is 8. The molecule has 0 radical (unpaired) electrons. The number of carbonyl (C=O) groups excluding carboxylic acids is 1. The molecule has 1 aliphatic heterocycles. The molecule has 0 bridgehead atoms. The van der Waals surface area contributed by atoms with Gasteiger partial charge in [-0.3, -0.25) is 14.3 Å². The van der Waals surface area contributed by atoms with E-state index < -0.39 is 5.91 Å². The van der Waals surface area contributed by atoms with Crippen molar-refractivity contribution in [3.05, 3.63) is 52.5 Å². The van der Waals surface area contributed by atoms with E-state index in [1.54, 1.807) is 19.2 Å². The van der Waals surface area contributed by atoms with Crippen molar-refractivity contribution in [3.63, 3.8) is 0 Å². The Hall–Kier alpha value is -3.24. The Balaban J connectivity index is 1.44. The lowest BCUT2D eigenvalue weighted by molar-refractivity contribution is -0.122. The van der Waals surface area contributed by atoms with Crippen LogP contribution in [0.1, 0.15) is 24.8 Å². The Morgan fingerprint density at radius 2 is 1.91 bits per heavy atom. The first-order valence-corrected chi connectivity index (χ1v) is 11.8. The minimum atomic E-state index is -0.613. The minimum Gasteiger partial charge on any atom is -0.497 e. The van der Waals surface area contributed by atoms with Gasteiger partial charge in [0.25, 0.3) is 0 Å². The Bertz CT molecular complexity index is 1200. The number of halogens is 1. The normalized spacial score (nSPS) is 14.9. The molecule has 178 valence electrons. The number of amides is 1. The highest BCUT2D eigenvalue weighted by Gasteiger charge is 2.20. The van der Waals surface area contributed by atoms with Gasteiger partial charge in [0.05, 0.1) is 25.5 Å². The maximum atomic E-state index is 12.2. The largest absolute Gasteiger partial charge is 0.497 e. The van der Waals surface area contributed by atoms with Gasteiger partial charge < -0.3 is 14.7 Å². The summed E-state index contributed by atoms with van der Waals surface area (Å²) in [4.78, 5) is 19.5. The molecule has 1 N–H and O–H groups in total. The average molecular weight is 528 g/mol. The van der Waals surface area contributed by atoms with Crippen LogP contribution in [0, 0.1) is 0 Å². The molecular weight excluding hydrogens is 502 g/mol. The average Bonchev–Trinajstić information content (AvgIpc) is 3.11. The van der Waals surface area contributed by atoms with Gasteiger partial charge in [-0.25, -0.2) is 0 Å². The molecule has 1 aliphatic rings. The second kappa shape index (κ2) is 11.3. The smallest absolute Gasteiger partial charge is 0.304 e. The van der Waals surface area contributed by atoms with Gasteiger partial charge in [0.15, 0.2) is 12.3 Å². The highest BCUT2D eigenvalue weighted by atomic mass is 79.9. The van der Waals surface area contributed by atoms with Gasteiger partial charge in [-0.2, -0.15) is 0 Å². The number of ether oxygens (including phenoxy) is 1. The molecule has 0 atom stereocenters. The minimum absolute atomic E-state index is 0.0198. The first-order chi connectivity index (χ1) is 16.5. The third kappa shape index (κ3) is 5.81. The Kier molecular flexibility index (Phi) is 7.91. The quantitative estimate of drug-likeness (QED) is 0.245. The van der Waals surface area contributed by atoms with Crippen LogP contribution in [0.25, 0.3) is 10.9 Å². The number of nitrogens with zero attached hydrogens (tertiary/aromatic N) is 5. The molecular formula is C24H26BrN5O4. The summed E-state index contributed by atoms with van der Waals surface area (Å²) in [5.74, 6) is 0.105. The summed E-state index contributed by atoms with van der Waals surface area (Å²) in [6.45, 7) is 2.16. The van der Waals surface area contributed by atoms with Gasteiger partial charge in [-0.15, -0.1) is 10.2 Å². The van der Waals surface area contributed by atoms with Crippen LogP contribution in [0.4, 0.5) is 5.69 Å². The number of oxime groups is 1. The maximum Gasteiger partial charge on any atom is 0.304 e. The highest BCUT2D eigenvalue weighted by Crippen LogP contribution is 2.40. The molecule has 2 aromatic carbocycles. The fraction of sp³-hybridized carbons (Fsp3) is 0.333. The number of azo groups is 1. The number of likely N-dealkylation sites (tertiary alicyclic amines) is 1. The molecule has 0 saturated carbocycles. The first-order valence-electron chi connectivity index (χ1n) is 11.0. The number of piperidine rings is 1. The first kappa shape index (κ1) is 23.9. The standard InChI is InChI=1S/C24H26BrN5O4/c1-33-19-8-5-17(6-9-19)14-26-34-15-22(31)27-28-23-20-13-18(25)7-10-21(20)30(24(23)32)16-29-11-3-2-4-12-29/h5-10,13-14,32H,2-4,11-12,15-16H2,1H3. The van der Waals surface area contributed by atoms with E-state index in [2.05, 4.69) is 36.2 Å². The van der Waals surface area contributed by atoms with Crippen molar-refractivity contribution in [3.8, 4) is 11.6 Å². The van der Waals surface area contributed by atoms with Crippen molar-refractivity contribution in [2.24, 2.45) is 15.4 Å². The zero-order valence-electron chi connectivity index (χ0n) is 18.9. The van der Waals surface area contributed by atoms with Crippen molar-refractivity contribution < 1.29 is 19.5 Å². The molecule has 0 unspecified atom stereocenters. The van der Waals surface area contributed by atoms with Crippen molar-refractivity contribution in [1.29, 1.82) is 0 Å². The second-order valence-electron chi connectivity index (χ2n) is 7.96. The van der Waals surface area contributed by atoms with Crippen molar-refractivity contribution in [2.75, 3.05) is 26.8 Å². The van der Waals surface area contributed by atoms with Crippen LogP contribution in [-0.2, 0) is 16.3 Å². The zero-order chi connectivity index (χ0) is 23.9. The van der Waals surface area contributed by atoms with E-state index in [1.807, 2.05) is 34.9 Å². The number of benzene rings is 2. The lowest BCUT2D eigenvalue weighted by atomic mass is 10.1. The number of hydrogen-bond acceptors (Lipinski definition) is 7. The summed E-state index contributed by atoms with van der Waals surface area (Å²) < 4.78 is 7.75. The van der Waals surface area contributed by atoms with Crippen LogP contribution in [0.15, 0.2) is 62.3 Å². The van der Waals surface area contributed by atoms with Gasteiger partial charge in [0.1, 0.15) is 5.75 Å². The lowest BCUT2D eigenvalue weighted by Crippen LogP contribution is -2.31. The third-order valence-electron chi connectivity index (χ3n) is 5.60. The molecule has 1 fully saturated rings. The van der Waals surface area contributed by atoms with E-state index in [1.165, 1.54) is 12.6 Å². The summed E-state index contributed by atoms with van der Waals surface area (Å²) in [7, 11) is 1.59.